The number of aliphatic hydroxyl groups is 3. The van der Waals surface area contributed by atoms with Gasteiger partial charge < -0.3 is 20.1 Å². The summed E-state index contributed by atoms with van der Waals surface area (Å²) in [6.45, 7) is -0.473. The second-order valence-corrected chi connectivity index (χ2v) is 4.58. The van der Waals surface area contributed by atoms with Gasteiger partial charge in [-0.05, 0) is 0 Å². The average Bonchev–Trinajstić information content (AvgIpc) is 3.02. The van der Waals surface area contributed by atoms with Crippen molar-refractivity contribution >= 4 is 17.1 Å². The molecule has 1 saturated heterocycles. The predicted octanol–water partition coefficient (Wildman–Crippen LogP) is -2.47. The molecular weight excluding hydrogens is 286 g/mol. The third kappa shape index (κ3) is 2.07. The Bertz CT molecular complexity index is 714. The van der Waals surface area contributed by atoms with Crippen LogP contribution in [0.1, 0.15) is 6.23 Å². The third-order valence-corrected chi connectivity index (χ3v) is 3.33. The molecule has 114 valence electrons. The Hall–Kier alpha value is -2.05. The number of aromatic nitrogens is 4. The van der Waals surface area contributed by atoms with E-state index in [4.69, 9.17) is 15.1 Å². The second-order valence-electron chi connectivity index (χ2n) is 4.58. The monoisotopic (exact) mass is 299 g/mol. The molecule has 2 aromatic heterocycles. The van der Waals surface area contributed by atoms with E-state index in [1.54, 1.807) is 5.48 Å². The summed E-state index contributed by atoms with van der Waals surface area (Å²) < 4.78 is 6.58. The number of nitrogens with one attached hydrogen (secondary N) is 2. The van der Waals surface area contributed by atoms with Crippen LogP contribution >= 0.6 is 0 Å². The molecule has 11 nitrogen and oxygen atoms in total. The summed E-state index contributed by atoms with van der Waals surface area (Å²) in [5.74, 6) is -0.207. The molecule has 0 saturated carbocycles. The zero-order valence-corrected chi connectivity index (χ0v) is 10.5. The van der Waals surface area contributed by atoms with Gasteiger partial charge in [0.25, 0.3) is 5.56 Å². The minimum absolute atomic E-state index is 0.0215. The molecule has 0 bridgehead atoms. The highest BCUT2D eigenvalue weighted by atomic mass is 16.6. The van der Waals surface area contributed by atoms with Gasteiger partial charge in [-0.15, -0.1) is 0 Å². The SMILES string of the molecule is O=c1[nH]c(NO)nc2c1ncn2[C@H]1O[C@@H](CO)[C@@H](O)[C@H]1O. The molecule has 3 heterocycles. The first-order valence-electron chi connectivity index (χ1n) is 6.06. The van der Waals surface area contributed by atoms with Crippen LogP contribution in [0.25, 0.3) is 11.2 Å². The summed E-state index contributed by atoms with van der Waals surface area (Å²) in [5, 5.41) is 37.6. The lowest BCUT2D eigenvalue weighted by molar-refractivity contribution is -0.0511. The molecule has 0 amide bonds. The number of imidazole rings is 1. The number of rotatable bonds is 3. The number of hydrogen-bond acceptors (Lipinski definition) is 9. The quantitative estimate of drug-likeness (QED) is 0.337. The number of fused-ring (bicyclic) bond motifs is 1. The fourth-order valence-corrected chi connectivity index (χ4v) is 2.28. The number of aliphatic hydroxyl groups excluding tert-OH is 3. The fraction of sp³-hybridized carbons (Fsp3) is 0.500. The highest BCUT2D eigenvalue weighted by molar-refractivity contribution is 5.70. The molecule has 21 heavy (non-hydrogen) atoms. The van der Waals surface area contributed by atoms with Crippen LogP contribution in [0.5, 0.6) is 0 Å². The first kappa shape index (κ1) is 13.9. The Morgan fingerprint density at radius 2 is 2.19 bits per heavy atom. The third-order valence-electron chi connectivity index (χ3n) is 3.33. The zero-order valence-electron chi connectivity index (χ0n) is 10.5. The van der Waals surface area contributed by atoms with Crippen LogP contribution < -0.4 is 11.0 Å². The molecule has 0 spiro atoms. The molecule has 4 atom stereocenters. The Kier molecular flexibility index (Phi) is 3.35. The van der Waals surface area contributed by atoms with Gasteiger partial charge in [0.15, 0.2) is 17.4 Å². The fourth-order valence-electron chi connectivity index (χ4n) is 2.28. The minimum atomic E-state index is -1.33. The molecule has 11 heteroatoms. The molecule has 3 rings (SSSR count). The van der Waals surface area contributed by atoms with E-state index in [1.807, 2.05) is 0 Å². The van der Waals surface area contributed by atoms with Crippen LogP contribution in [0.15, 0.2) is 11.1 Å². The van der Waals surface area contributed by atoms with E-state index < -0.39 is 36.7 Å². The van der Waals surface area contributed by atoms with Gasteiger partial charge in [0, 0.05) is 0 Å². The summed E-state index contributed by atoms with van der Waals surface area (Å²) in [5.41, 5.74) is 1.14. The minimum Gasteiger partial charge on any atom is -0.394 e. The van der Waals surface area contributed by atoms with Gasteiger partial charge in [-0.2, -0.15) is 4.98 Å². The number of nitrogens with zero attached hydrogens (tertiary/aromatic N) is 3. The summed E-state index contributed by atoms with van der Waals surface area (Å²) in [6.07, 6.45) is -3.42. The lowest BCUT2D eigenvalue weighted by Crippen LogP contribution is -2.33. The molecular formula is C10H13N5O6. The molecule has 1 aliphatic heterocycles. The molecule has 1 fully saturated rings. The van der Waals surface area contributed by atoms with E-state index in [-0.39, 0.29) is 17.1 Å². The molecule has 6 N–H and O–H groups in total. The smallest absolute Gasteiger partial charge is 0.280 e. The lowest BCUT2D eigenvalue weighted by Gasteiger charge is -2.16. The largest absolute Gasteiger partial charge is 0.394 e. The molecule has 0 aromatic carbocycles. The van der Waals surface area contributed by atoms with E-state index in [0.717, 1.165) is 0 Å². The van der Waals surface area contributed by atoms with Crippen molar-refractivity contribution in [3.63, 3.8) is 0 Å². The van der Waals surface area contributed by atoms with Gasteiger partial charge in [0.05, 0.1) is 12.9 Å². The lowest BCUT2D eigenvalue weighted by atomic mass is 10.1. The Labute approximate surface area is 116 Å². The normalized spacial score (nSPS) is 29.1. The van der Waals surface area contributed by atoms with Crippen molar-refractivity contribution in [3.05, 3.63) is 16.7 Å². The molecule has 0 radical (unpaired) electrons. The number of hydrogen-bond donors (Lipinski definition) is 6. The summed E-state index contributed by atoms with van der Waals surface area (Å²) >= 11 is 0. The molecule has 0 unspecified atom stereocenters. The Morgan fingerprint density at radius 1 is 1.43 bits per heavy atom. The van der Waals surface area contributed by atoms with Crippen molar-refractivity contribution in [1.82, 2.24) is 19.5 Å². The first-order valence-corrected chi connectivity index (χ1v) is 6.06. The summed E-state index contributed by atoms with van der Waals surface area (Å²) in [4.78, 5) is 21.8. The van der Waals surface area contributed by atoms with Gasteiger partial charge in [0.2, 0.25) is 5.95 Å². The van der Waals surface area contributed by atoms with Crippen molar-refractivity contribution in [2.75, 3.05) is 12.1 Å². The van der Waals surface area contributed by atoms with E-state index >= 15 is 0 Å². The van der Waals surface area contributed by atoms with Crippen molar-refractivity contribution < 1.29 is 25.3 Å². The average molecular weight is 299 g/mol. The van der Waals surface area contributed by atoms with E-state index in [0.29, 0.717) is 0 Å². The van der Waals surface area contributed by atoms with E-state index in [2.05, 4.69) is 15.0 Å². The van der Waals surface area contributed by atoms with E-state index in [9.17, 15) is 15.0 Å². The zero-order chi connectivity index (χ0) is 15.1. The summed E-state index contributed by atoms with van der Waals surface area (Å²) in [7, 11) is 0. The maximum atomic E-state index is 11.7. The molecule has 0 aliphatic carbocycles. The highest BCUT2D eigenvalue weighted by Crippen LogP contribution is 2.30. The molecule has 2 aromatic rings. The highest BCUT2D eigenvalue weighted by Gasteiger charge is 2.44. The number of ether oxygens (including phenoxy) is 1. The van der Waals surface area contributed by atoms with Crippen LogP contribution in [0.3, 0.4) is 0 Å². The first-order chi connectivity index (χ1) is 10.1. The van der Waals surface area contributed by atoms with Gasteiger partial charge in [-0.25, -0.2) is 10.5 Å². The number of aromatic amines is 1. The van der Waals surface area contributed by atoms with Gasteiger partial charge >= 0.3 is 0 Å². The van der Waals surface area contributed by atoms with Crippen molar-refractivity contribution in [2.45, 2.75) is 24.5 Å². The summed E-state index contributed by atoms with van der Waals surface area (Å²) in [6, 6.07) is 0. The Morgan fingerprint density at radius 3 is 2.81 bits per heavy atom. The van der Waals surface area contributed by atoms with Crippen LogP contribution in [-0.2, 0) is 4.74 Å². The predicted molar refractivity (Wildman–Crippen MR) is 66.6 cm³/mol. The van der Waals surface area contributed by atoms with Crippen molar-refractivity contribution in [2.24, 2.45) is 0 Å². The maximum absolute atomic E-state index is 11.7. The van der Waals surface area contributed by atoms with Crippen molar-refractivity contribution in [1.29, 1.82) is 0 Å². The maximum Gasteiger partial charge on any atom is 0.280 e. The number of anilines is 1. The molecule has 1 aliphatic rings. The van der Waals surface area contributed by atoms with E-state index in [1.165, 1.54) is 10.9 Å². The van der Waals surface area contributed by atoms with Gasteiger partial charge in [-0.3, -0.25) is 19.6 Å². The van der Waals surface area contributed by atoms with Crippen LogP contribution in [0, 0.1) is 0 Å². The van der Waals surface area contributed by atoms with Crippen LogP contribution in [-0.4, -0.2) is 65.0 Å². The Balaban J connectivity index is 2.09. The topological polar surface area (TPSA) is 166 Å². The van der Waals surface area contributed by atoms with Gasteiger partial charge in [-0.1, -0.05) is 0 Å². The standard InChI is InChI=1S/C10H13N5O6/c16-1-3-5(17)6(18)9(21-3)15-2-11-4-7(15)12-10(14-20)13-8(4)19/h2-3,5-6,9,16-18,20H,1H2,(H2,12,13,14,19)/t3-,5+,6+,9-/m0/s1. The van der Waals surface area contributed by atoms with Crippen LogP contribution in [0.4, 0.5) is 5.95 Å². The van der Waals surface area contributed by atoms with Gasteiger partial charge in [0.1, 0.15) is 18.3 Å². The second kappa shape index (κ2) is 5.05. The van der Waals surface area contributed by atoms with Crippen LogP contribution in [0.2, 0.25) is 0 Å². The van der Waals surface area contributed by atoms with Crippen molar-refractivity contribution in [3.8, 4) is 0 Å². The number of H-pyrrole nitrogens is 1.